The Morgan fingerprint density at radius 1 is 0.900 bits per heavy atom. The van der Waals surface area contributed by atoms with E-state index in [9.17, 15) is 40.5 Å². The van der Waals surface area contributed by atoms with Gasteiger partial charge < -0.3 is 82.9 Å². The van der Waals surface area contributed by atoms with Crippen molar-refractivity contribution in [1.82, 2.24) is 5.32 Å². The molecule has 19 heteroatoms. The van der Waals surface area contributed by atoms with Crippen LogP contribution < -0.4 is 28.3 Å². The molecule has 2 saturated heterocycles. The summed E-state index contributed by atoms with van der Waals surface area (Å²) in [5.74, 6) is -1.03. The molecule has 40 heavy (non-hydrogen) atoms. The van der Waals surface area contributed by atoms with Crippen molar-refractivity contribution in [3.63, 3.8) is 0 Å². The molecule has 15 atom stereocenters. The van der Waals surface area contributed by atoms with Gasteiger partial charge >= 0.3 is 0 Å². The molecule has 0 unspecified atom stereocenters. The van der Waals surface area contributed by atoms with Gasteiger partial charge in [-0.05, 0) is 14.0 Å². The lowest BCUT2D eigenvalue weighted by Crippen LogP contribution is -2.66. The number of aliphatic hydroxyl groups excluding tert-OH is 6. The highest BCUT2D eigenvalue weighted by atomic mass is 16.8. The minimum atomic E-state index is -2.38. The van der Waals surface area contributed by atoms with Gasteiger partial charge in [0.1, 0.15) is 60.9 Å². The van der Waals surface area contributed by atoms with Crippen LogP contribution in [0.2, 0.25) is 0 Å². The van der Waals surface area contributed by atoms with Gasteiger partial charge in [0.25, 0.3) is 0 Å². The van der Waals surface area contributed by atoms with Crippen LogP contribution in [-0.2, 0) is 23.7 Å². The van der Waals surface area contributed by atoms with Crippen molar-refractivity contribution in [2.75, 3.05) is 13.7 Å². The molecule has 0 amide bonds. The quantitative estimate of drug-likeness (QED) is 0.0682. The van der Waals surface area contributed by atoms with Gasteiger partial charge in [-0.1, -0.05) is 0 Å². The third-order valence-electron chi connectivity index (χ3n) is 7.34. The van der Waals surface area contributed by atoms with E-state index in [1.165, 1.54) is 14.0 Å². The van der Waals surface area contributed by atoms with Gasteiger partial charge in [0.05, 0.1) is 18.8 Å². The lowest BCUT2D eigenvalue weighted by molar-refractivity contribution is -0.314. The zero-order valence-electron chi connectivity index (χ0n) is 21.7. The first-order chi connectivity index (χ1) is 18.7. The maximum absolute atomic E-state index is 12.1. The molecule has 1 aliphatic carbocycles. The highest BCUT2D eigenvalue weighted by molar-refractivity contribution is 5.76. The highest BCUT2D eigenvalue weighted by Gasteiger charge is 2.60. The number of rotatable bonds is 9. The van der Waals surface area contributed by atoms with Crippen molar-refractivity contribution < 1.29 is 59.5 Å². The summed E-state index contributed by atoms with van der Waals surface area (Å²) < 4.78 is 22.9. The molecule has 3 fully saturated rings. The van der Waals surface area contributed by atoms with E-state index in [0.29, 0.717) is 0 Å². The maximum Gasteiger partial charge on any atom is 0.188 e. The van der Waals surface area contributed by atoms with Gasteiger partial charge in [-0.2, -0.15) is 0 Å². The average Bonchev–Trinajstić information content (AvgIpc) is 3.13. The van der Waals surface area contributed by atoms with Crippen molar-refractivity contribution >= 4 is 18.2 Å². The van der Waals surface area contributed by atoms with Crippen molar-refractivity contribution in [1.29, 1.82) is 0 Å². The molecule has 0 aromatic carbocycles. The fourth-order valence-corrected chi connectivity index (χ4v) is 5.08. The Morgan fingerprint density at radius 2 is 1.50 bits per heavy atom. The number of carbonyl (C=O) groups is 1. The van der Waals surface area contributed by atoms with Crippen LogP contribution in [0.1, 0.15) is 6.92 Å². The monoisotopic (exact) mass is 581 g/mol. The first-order valence-electron chi connectivity index (χ1n) is 12.4. The summed E-state index contributed by atoms with van der Waals surface area (Å²) >= 11 is 0. The van der Waals surface area contributed by atoms with Gasteiger partial charge in [-0.15, -0.1) is 0 Å². The van der Waals surface area contributed by atoms with Crippen LogP contribution in [-0.4, -0.2) is 159 Å². The van der Waals surface area contributed by atoms with E-state index < -0.39 is 110 Å². The minimum Gasteiger partial charge on any atom is -0.394 e. The van der Waals surface area contributed by atoms with Crippen LogP contribution in [0.15, 0.2) is 9.98 Å². The first-order valence-corrected chi connectivity index (χ1v) is 12.4. The maximum atomic E-state index is 12.1. The molecule has 0 aromatic rings. The molecule has 1 saturated carbocycles. The summed E-state index contributed by atoms with van der Waals surface area (Å²) in [6, 6.07) is -4.08. The first kappa shape index (κ1) is 32.2. The van der Waals surface area contributed by atoms with Crippen LogP contribution >= 0.6 is 0 Å². The second kappa shape index (κ2) is 12.7. The third kappa shape index (κ3) is 6.00. The summed E-state index contributed by atoms with van der Waals surface area (Å²) in [5.41, 5.74) is 19.4. The van der Waals surface area contributed by atoms with Gasteiger partial charge in [0, 0.05) is 0 Å². The molecule has 0 aromatic heterocycles. The second-order valence-corrected chi connectivity index (χ2v) is 9.89. The summed E-state index contributed by atoms with van der Waals surface area (Å²) in [5, 5.41) is 76.6. The number of ether oxygens (including phenoxy) is 4. The molecule has 19 nitrogen and oxygen atoms in total. The van der Waals surface area contributed by atoms with Crippen LogP contribution in [0, 0.1) is 0 Å². The molecule has 3 rings (SSSR count). The molecule has 0 radical (unpaired) electrons. The number of hydrogen-bond acceptors (Lipinski definition) is 15. The lowest BCUT2D eigenvalue weighted by Gasteiger charge is -2.45. The number of nitrogens with two attached hydrogens (primary N) is 4. The smallest absolute Gasteiger partial charge is 0.188 e. The van der Waals surface area contributed by atoms with Gasteiger partial charge in [-0.25, -0.2) is 9.98 Å². The Bertz CT molecular complexity index is 940. The number of aldehydes is 1. The van der Waals surface area contributed by atoms with E-state index >= 15 is 0 Å². The highest BCUT2D eigenvalue weighted by Crippen LogP contribution is 2.38. The molecule has 0 spiro atoms. The Balaban J connectivity index is 1.96. The summed E-state index contributed by atoms with van der Waals surface area (Å²) in [7, 11) is 1.42. The van der Waals surface area contributed by atoms with Gasteiger partial charge in [0.2, 0.25) is 0 Å². The topological polar surface area (TPSA) is 336 Å². The molecule has 2 aliphatic heterocycles. The van der Waals surface area contributed by atoms with E-state index in [2.05, 4.69) is 15.3 Å². The number of aliphatic imine (C=N–C) groups is 2. The third-order valence-corrected chi connectivity index (χ3v) is 7.34. The summed E-state index contributed by atoms with van der Waals surface area (Å²) in [6.45, 7) is 0.620. The molecule has 230 valence electrons. The van der Waals surface area contributed by atoms with E-state index in [1.54, 1.807) is 0 Å². The molecular formula is C21H39N7O12. The van der Waals surface area contributed by atoms with Crippen molar-refractivity contribution in [2.24, 2.45) is 32.9 Å². The second-order valence-electron chi connectivity index (χ2n) is 9.89. The van der Waals surface area contributed by atoms with Crippen molar-refractivity contribution in [2.45, 2.75) is 98.2 Å². The number of guanidine groups is 2. The molecule has 2 heterocycles. The normalized spacial score (nSPS) is 47.4. The Morgan fingerprint density at radius 3 is 2.02 bits per heavy atom. The number of carbonyl (C=O) groups excluding carboxylic acids is 1. The summed E-state index contributed by atoms with van der Waals surface area (Å²) in [6.07, 6.45) is -17.3. The minimum absolute atomic E-state index is 0.140. The number of nitrogens with one attached hydrogen (secondary N) is 1. The Kier molecular flexibility index (Phi) is 10.2. The van der Waals surface area contributed by atoms with E-state index in [4.69, 9.17) is 41.9 Å². The number of nitrogens with zero attached hydrogens (tertiary/aromatic N) is 2. The number of hydrogen-bond donors (Lipinski definition) is 12. The van der Waals surface area contributed by atoms with Gasteiger partial charge in [-0.3, -0.25) is 4.79 Å². The molecule has 0 bridgehead atoms. The fraction of sp³-hybridized carbons (Fsp3) is 0.857. The number of aliphatic hydroxyl groups is 7. The van der Waals surface area contributed by atoms with E-state index in [0.717, 1.165) is 0 Å². The molecule has 16 N–H and O–H groups in total. The largest absolute Gasteiger partial charge is 0.394 e. The lowest BCUT2D eigenvalue weighted by atomic mass is 9.81. The SMILES string of the molecule is CN[C@H]1[C@@H](O[C@@H]2[C@@H](O[C@@H]3[C@@H](O)[C@H](O)[C@@H](N=C(N)N)[C@H](O)[C@H]3N=C(N)N)O[C@H](C)[C@@]2(O)C=O)O[C@H](CO)[C@@H](O)[C@@H]1O. The van der Waals surface area contributed by atoms with Crippen molar-refractivity contribution in [3.05, 3.63) is 0 Å². The van der Waals surface area contributed by atoms with Crippen LogP contribution in [0.4, 0.5) is 0 Å². The number of likely N-dealkylation sites (N-methyl/N-ethyl adjacent to an activating group) is 1. The fourth-order valence-electron chi connectivity index (χ4n) is 5.08. The zero-order valence-corrected chi connectivity index (χ0v) is 21.7. The standard InChI is InChI=1S/C21H39N7O12/c1-5-21(36,4-30)16(40-17-9(26-2)13(34)10(31)6(3-29)38-17)18(37-5)39-15-8(28-20(24)25)11(32)7(27-19(22)23)12(33)14(15)35/h4-18,26,29,31-36H,3H2,1-2H3,(H4,22,23,27)(H4,24,25,28)/t5-,6-,7+,8-,9-,10-,11+,12-,13-,14+,15+,16-,17-,18-,21+/m1/s1. The van der Waals surface area contributed by atoms with Crippen LogP contribution in [0.3, 0.4) is 0 Å². The summed E-state index contributed by atoms with van der Waals surface area (Å²) in [4.78, 5) is 19.7. The zero-order chi connectivity index (χ0) is 30.1. The van der Waals surface area contributed by atoms with E-state index in [1.807, 2.05) is 0 Å². The predicted octanol–water partition coefficient (Wildman–Crippen LogP) is -8.16. The van der Waals surface area contributed by atoms with Crippen molar-refractivity contribution in [3.8, 4) is 0 Å². The Hall–Kier alpha value is -2.27. The average molecular weight is 582 g/mol. The molecule has 3 aliphatic rings. The van der Waals surface area contributed by atoms with E-state index in [-0.39, 0.29) is 6.29 Å². The van der Waals surface area contributed by atoms with Gasteiger partial charge in [0.15, 0.2) is 36.4 Å². The van der Waals surface area contributed by atoms with Crippen LogP contribution in [0.5, 0.6) is 0 Å². The van der Waals surface area contributed by atoms with Crippen LogP contribution in [0.25, 0.3) is 0 Å². The molecular weight excluding hydrogens is 542 g/mol. The Labute approximate surface area is 228 Å². The predicted molar refractivity (Wildman–Crippen MR) is 133 cm³/mol.